The van der Waals surface area contributed by atoms with Crippen molar-refractivity contribution in [2.75, 3.05) is 5.73 Å². The van der Waals surface area contributed by atoms with Gasteiger partial charge >= 0.3 is 0 Å². The molecule has 0 aliphatic rings. The van der Waals surface area contributed by atoms with E-state index < -0.39 is 10.1 Å². The van der Waals surface area contributed by atoms with Crippen LogP contribution in [0, 0.1) is 6.92 Å². The lowest BCUT2D eigenvalue weighted by Gasteiger charge is -2.08. The fourth-order valence-corrected chi connectivity index (χ4v) is 2.39. The molecule has 0 radical (unpaired) electrons. The Morgan fingerprint density at radius 2 is 1.81 bits per heavy atom. The van der Waals surface area contributed by atoms with Crippen LogP contribution in [0.4, 0.5) is 5.69 Å². The summed E-state index contributed by atoms with van der Waals surface area (Å²) in [6, 6.07) is 8.01. The van der Waals surface area contributed by atoms with E-state index in [9.17, 15) is 8.42 Å². The van der Waals surface area contributed by atoms with Crippen molar-refractivity contribution in [1.29, 1.82) is 0 Å². The number of hydrogen-bond donors (Lipinski definition) is 2. The Bertz CT molecular complexity index is 662. The molecule has 0 amide bonds. The molecule has 2 aromatic rings. The third-order valence-corrected chi connectivity index (χ3v) is 3.47. The summed E-state index contributed by atoms with van der Waals surface area (Å²) in [7, 11) is -4.21. The van der Waals surface area contributed by atoms with E-state index in [1.165, 1.54) is 6.07 Å². The van der Waals surface area contributed by atoms with Crippen LogP contribution in [-0.4, -0.2) is 13.0 Å². The van der Waals surface area contributed by atoms with Gasteiger partial charge in [-0.3, -0.25) is 4.55 Å². The summed E-state index contributed by atoms with van der Waals surface area (Å²) in [5.74, 6) is 0. The first-order valence-corrected chi connectivity index (χ1v) is 6.10. The second kappa shape index (κ2) is 3.47. The minimum Gasteiger partial charge on any atom is -0.398 e. The number of hydrogen-bond acceptors (Lipinski definition) is 3. The minimum atomic E-state index is -4.21. The van der Waals surface area contributed by atoms with E-state index >= 15 is 0 Å². The molecule has 0 spiro atoms. The Morgan fingerprint density at radius 3 is 2.44 bits per heavy atom. The first-order chi connectivity index (χ1) is 7.41. The maximum atomic E-state index is 11.2. The average Bonchev–Trinajstić information content (AvgIpc) is 2.21. The predicted octanol–water partition coefficient (Wildman–Crippen LogP) is 1.98. The van der Waals surface area contributed by atoms with Crippen LogP contribution < -0.4 is 5.73 Å². The van der Waals surface area contributed by atoms with Gasteiger partial charge in [-0.15, -0.1) is 0 Å². The Balaban J connectivity index is 2.96. The molecule has 0 bridgehead atoms. The monoisotopic (exact) mass is 237 g/mol. The molecule has 3 N–H and O–H groups in total. The fraction of sp³-hybridized carbons (Fsp3) is 0.0909. The van der Waals surface area contributed by atoms with Crippen LogP contribution in [0.2, 0.25) is 0 Å². The molecule has 4 nitrogen and oxygen atoms in total. The number of nitrogen functional groups attached to an aromatic ring is 1. The van der Waals surface area contributed by atoms with Gasteiger partial charge in [0, 0.05) is 16.5 Å². The molecule has 5 heteroatoms. The highest BCUT2D eigenvalue weighted by Gasteiger charge is 2.14. The fourth-order valence-electron chi connectivity index (χ4n) is 1.69. The maximum Gasteiger partial charge on any atom is 0.295 e. The zero-order chi connectivity index (χ0) is 11.9. The van der Waals surface area contributed by atoms with Gasteiger partial charge in [0.05, 0.1) is 0 Å². The van der Waals surface area contributed by atoms with Crippen molar-refractivity contribution in [2.24, 2.45) is 0 Å². The molecule has 0 atom stereocenters. The Labute approximate surface area is 93.4 Å². The Kier molecular flexibility index (Phi) is 2.36. The Hall–Kier alpha value is -1.59. The first kappa shape index (κ1) is 10.9. The highest BCUT2D eigenvalue weighted by Crippen LogP contribution is 2.29. The van der Waals surface area contributed by atoms with E-state index in [1.54, 1.807) is 24.3 Å². The molecule has 0 saturated carbocycles. The zero-order valence-corrected chi connectivity index (χ0v) is 9.45. The van der Waals surface area contributed by atoms with Crippen molar-refractivity contribution in [3.05, 3.63) is 35.9 Å². The van der Waals surface area contributed by atoms with E-state index in [-0.39, 0.29) is 4.90 Å². The SMILES string of the molecule is Cc1ccc2c(S(=O)(=O)O)cccc2c1N. The summed E-state index contributed by atoms with van der Waals surface area (Å²) in [6.07, 6.45) is 0. The van der Waals surface area contributed by atoms with E-state index in [0.29, 0.717) is 16.5 Å². The van der Waals surface area contributed by atoms with Gasteiger partial charge < -0.3 is 5.73 Å². The molecule has 0 aliphatic carbocycles. The van der Waals surface area contributed by atoms with Crippen molar-refractivity contribution < 1.29 is 13.0 Å². The van der Waals surface area contributed by atoms with Crippen molar-refractivity contribution >= 4 is 26.6 Å². The topological polar surface area (TPSA) is 80.4 Å². The smallest absolute Gasteiger partial charge is 0.295 e. The average molecular weight is 237 g/mol. The lowest BCUT2D eigenvalue weighted by molar-refractivity contribution is 0.484. The van der Waals surface area contributed by atoms with Crippen LogP contribution in [0.15, 0.2) is 35.2 Å². The van der Waals surface area contributed by atoms with E-state index in [0.717, 1.165) is 5.56 Å². The quantitative estimate of drug-likeness (QED) is 0.587. The van der Waals surface area contributed by atoms with Gasteiger partial charge in [-0.25, -0.2) is 0 Å². The summed E-state index contributed by atoms with van der Waals surface area (Å²) in [4.78, 5) is -0.114. The highest BCUT2D eigenvalue weighted by molar-refractivity contribution is 7.86. The molecule has 16 heavy (non-hydrogen) atoms. The molecular weight excluding hydrogens is 226 g/mol. The van der Waals surface area contributed by atoms with Gasteiger partial charge in [0.25, 0.3) is 10.1 Å². The molecule has 0 fully saturated rings. The van der Waals surface area contributed by atoms with E-state index in [2.05, 4.69) is 0 Å². The highest BCUT2D eigenvalue weighted by atomic mass is 32.2. The largest absolute Gasteiger partial charge is 0.398 e. The van der Waals surface area contributed by atoms with Gasteiger partial charge in [-0.2, -0.15) is 8.42 Å². The van der Waals surface area contributed by atoms with Crippen LogP contribution in [-0.2, 0) is 10.1 Å². The molecule has 2 rings (SSSR count). The van der Waals surface area contributed by atoms with Crippen LogP contribution in [0.3, 0.4) is 0 Å². The standard InChI is InChI=1S/C11H11NO3S/c1-7-5-6-8-9(11(7)12)3-2-4-10(8)16(13,14)15/h2-6H,12H2,1H3,(H,13,14,15). The maximum absolute atomic E-state index is 11.2. The van der Waals surface area contributed by atoms with Crippen LogP contribution in [0.25, 0.3) is 10.8 Å². The van der Waals surface area contributed by atoms with Gasteiger partial charge in [0.2, 0.25) is 0 Å². The molecule has 0 heterocycles. The van der Waals surface area contributed by atoms with Crippen LogP contribution in [0.1, 0.15) is 5.56 Å². The summed E-state index contributed by atoms with van der Waals surface area (Å²) < 4.78 is 31.4. The summed E-state index contributed by atoms with van der Waals surface area (Å²) in [6.45, 7) is 1.84. The molecule has 0 saturated heterocycles. The third-order valence-electron chi connectivity index (χ3n) is 2.56. The number of nitrogens with two attached hydrogens (primary N) is 1. The summed E-state index contributed by atoms with van der Waals surface area (Å²) in [5.41, 5.74) is 7.26. The van der Waals surface area contributed by atoms with Gasteiger partial charge in [0.1, 0.15) is 4.90 Å². The van der Waals surface area contributed by atoms with E-state index in [4.69, 9.17) is 10.3 Å². The van der Waals surface area contributed by atoms with Crippen molar-refractivity contribution in [2.45, 2.75) is 11.8 Å². The first-order valence-electron chi connectivity index (χ1n) is 4.66. The number of fused-ring (bicyclic) bond motifs is 1. The lowest BCUT2D eigenvalue weighted by Crippen LogP contribution is -2.00. The number of rotatable bonds is 1. The second-order valence-electron chi connectivity index (χ2n) is 3.62. The van der Waals surface area contributed by atoms with Gasteiger partial charge in [-0.1, -0.05) is 24.3 Å². The zero-order valence-electron chi connectivity index (χ0n) is 8.64. The summed E-state index contributed by atoms with van der Waals surface area (Å²) >= 11 is 0. The molecule has 84 valence electrons. The molecule has 2 aromatic carbocycles. The molecule has 0 unspecified atom stereocenters. The van der Waals surface area contributed by atoms with Crippen molar-refractivity contribution in [3.8, 4) is 0 Å². The van der Waals surface area contributed by atoms with Crippen LogP contribution >= 0.6 is 0 Å². The third kappa shape index (κ3) is 1.64. The number of anilines is 1. The van der Waals surface area contributed by atoms with Gasteiger partial charge in [0.15, 0.2) is 0 Å². The summed E-state index contributed by atoms with van der Waals surface area (Å²) in [5, 5.41) is 1.07. The lowest BCUT2D eigenvalue weighted by atomic mass is 10.1. The van der Waals surface area contributed by atoms with Gasteiger partial charge in [-0.05, 0) is 18.6 Å². The second-order valence-corrected chi connectivity index (χ2v) is 5.01. The van der Waals surface area contributed by atoms with Crippen molar-refractivity contribution in [3.63, 3.8) is 0 Å². The molecular formula is C11H11NO3S. The molecule has 0 aromatic heterocycles. The Morgan fingerprint density at radius 1 is 1.12 bits per heavy atom. The number of benzene rings is 2. The normalized spacial score (nSPS) is 11.9. The molecule has 0 aliphatic heterocycles. The van der Waals surface area contributed by atoms with Crippen molar-refractivity contribution in [1.82, 2.24) is 0 Å². The minimum absolute atomic E-state index is 0.114. The van der Waals surface area contributed by atoms with E-state index in [1.807, 2.05) is 6.92 Å². The predicted molar refractivity (Wildman–Crippen MR) is 62.9 cm³/mol. The number of aryl methyl sites for hydroxylation is 1. The van der Waals surface area contributed by atoms with Crippen LogP contribution in [0.5, 0.6) is 0 Å².